The van der Waals surface area contributed by atoms with E-state index in [1.807, 2.05) is 6.07 Å². The van der Waals surface area contributed by atoms with E-state index < -0.39 is 10.0 Å². The minimum absolute atomic E-state index is 0.0980. The first kappa shape index (κ1) is 22.3. The average molecular weight is 441 g/mol. The summed E-state index contributed by atoms with van der Waals surface area (Å²) in [6.07, 6.45) is 1.64. The fourth-order valence-electron chi connectivity index (χ4n) is 3.58. The Morgan fingerprint density at radius 2 is 1.77 bits per heavy atom. The number of rotatable bonds is 10. The van der Waals surface area contributed by atoms with Crippen molar-refractivity contribution in [3.63, 3.8) is 0 Å². The Kier molecular flexibility index (Phi) is 6.84. The number of nitrogens with zero attached hydrogens (tertiary/aromatic N) is 4. The largest absolute Gasteiger partial charge is 0.496 e. The number of methoxy groups -OCH3 is 3. The summed E-state index contributed by atoms with van der Waals surface area (Å²) in [6.45, 7) is 3.88. The topological polar surface area (TPSA) is 107 Å². The van der Waals surface area contributed by atoms with Crippen LogP contribution in [0.4, 0.5) is 0 Å². The van der Waals surface area contributed by atoms with E-state index in [-0.39, 0.29) is 6.04 Å². The molecular weight excluding hydrogens is 412 g/mol. The van der Waals surface area contributed by atoms with Crippen LogP contribution >= 0.6 is 0 Å². The smallest absolute Gasteiger partial charge is 0.223 e. The maximum absolute atomic E-state index is 12.3. The third-order valence-corrected chi connectivity index (χ3v) is 6.41. The number of hydrogen-bond acceptors (Lipinski definition) is 9. The van der Waals surface area contributed by atoms with Crippen LogP contribution in [0.1, 0.15) is 17.3 Å². The Hall–Kier alpha value is -2.37. The molecule has 2 aromatic rings. The van der Waals surface area contributed by atoms with Gasteiger partial charge >= 0.3 is 0 Å². The van der Waals surface area contributed by atoms with Crippen molar-refractivity contribution in [2.24, 2.45) is 0 Å². The molecule has 3 rings (SSSR count). The molecule has 166 valence electrons. The van der Waals surface area contributed by atoms with Gasteiger partial charge in [0.05, 0.1) is 33.6 Å². The normalized spacial score (nSPS) is 15.3. The molecule has 0 bridgehead atoms. The van der Waals surface area contributed by atoms with E-state index in [0.29, 0.717) is 61.6 Å². The maximum Gasteiger partial charge on any atom is 0.223 e. The lowest BCUT2D eigenvalue weighted by atomic mass is 10.1. The number of ether oxygens (including phenoxy) is 3. The van der Waals surface area contributed by atoms with Gasteiger partial charge in [0, 0.05) is 51.2 Å². The molecule has 30 heavy (non-hydrogen) atoms. The average Bonchev–Trinajstić information content (AvgIpc) is 3.09. The molecule has 1 aromatic carbocycles. The minimum atomic E-state index is -3.36. The van der Waals surface area contributed by atoms with Gasteiger partial charge < -0.3 is 18.7 Å². The zero-order chi connectivity index (χ0) is 21.9. The van der Waals surface area contributed by atoms with Gasteiger partial charge in [-0.15, -0.1) is 0 Å². The third-order valence-electron chi connectivity index (χ3n) is 5.08. The molecule has 0 atom stereocenters. The van der Waals surface area contributed by atoms with Crippen molar-refractivity contribution in [2.75, 3.05) is 47.2 Å². The Morgan fingerprint density at radius 3 is 2.30 bits per heavy atom. The van der Waals surface area contributed by atoms with E-state index in [1.54, 1.807) is 34.3 Å². The first-order valence-corrected chi connectivity index (χ1v) is 11.4. The summed E-state index contributed by atoms with van der Waals surface area (Å²) >= 11 is 0. The lowest BCUT2D eigenvalue weighted by Crippen LogP contribution is -2.60. The quantitative estimate of drug-likeness (QED) is 0.536. The maximum atomic E-state index is 12.3. The van der Waals surface area contributed by atoms with Gasteiger partial charge in [-0.1, -0.05) is 5.16 Å². The summed E-state index contributed by atoms with van der Waals surface area (Å²) in [7, 11) is 1.41. The van der Waals surface area contributed by atoms with Gasteiger partial charge in [0.1, 0.15) is 5.75 Å². The molecule has 1 aliphatic heterocycles. The highest BCUT2D eigenvalue weighted by Gasteiger charge is 2.36. The lowest BCUT2D eigenvalue weighted by Gasteiger charge is -2.44. The predicted molar refractivity (Wildman–Crippen MR) is 109 cm³/mol. The Morgan fingerprint density at radius 1 is 1.13 bits per heavy atom. The van der Waals surface area contributed by atoms with Gasteiger partial charge in [-0.3, -0.25) is 4.90 Å². The second kappa shape index (κ2) is 9.19. The molecule has 1 saturated heterocycles. The lowest BCUT2D eigenvalue weighted by molar-refractivity contribution is 0.0723. The first-order chi connectivity index (χ1) is 14.2. The molecule has 0 radical (unpaired) electrons. The van der Waals surface area contributed by atoms with Gasteiger partial charge in [0.15, 0.2) is 17.3 Å². The fourth-order valence-corrected chi connectivity index (χ4v) is 4.68. The van der Waals surface area contributed by atoms with Crippen molar-refractivity contribution in [3.05, 3.63) is 29.4 Å². The van der Waals surface area contributed by atoms with Crippen molar-refractivity contribution in [2.45, 2.75) is 25.9 Å². The number of sulfonamides is 1. The van der Waals surface area contributed by atoms with Crippen molar-refractivity contribution >= 4 is 10.0 Å². The van der Waals surface area contributed by atoms with E-state index >= 15 is 0 Å². The van der Waals surface area contributed by atoms with Crippen molar-refractivity contribution in [1.29, 1.82) is 0 Å². The van der Waals surface area contributed by atoms with E-state index in [0.717, 1.165) is 5.56 Å². The highest BCUT2D eigenvalue weighted by Crippen LogP contribution is 2.36. The Bertz CT molecular complexity index is 971. The summed E-state index contributed by atoms with van der Waals surface area (Å²) in [4.78, 5) is 6.30. The SMILES string of the molecule is COc1cc(OC)c(OC)cc1CN1CC(N(CCc2noc(C)n2)S(C)(=O)=O)C1. The third kappa shape index (κ3) is 5.02. The molecule has 10 nitrogen and oxygen atoms in total. The predicted octanol–water partition coefficient (Wildman–Crippen LogP) is 1.09. The molecule has 0 N–H and O–H groups in total. The van der Waals surface area contributed by atoms with Crippen molar-refractivity contribution in [3.8, 4) is 17.2 Å². The second-order valence-corrected chi connectivity index (χ2v) is 9.16. The van der Waals surface area contributed by atoms with Crippen LogP contribution in [0.2, 0.25) is 0 Å². The number of benzene rings is 1. The summed E-state index contributed by atoms with van der Waals surface area (Å²) in [5.74, 6) is 2.89. The van der Waals surface area contributed by atoms with Crippen molar-refractivity contribution in [1.82, 2.24) is 19.3 Å². The van der Waals surface area contributed by atoms with Crippen LogP contribution in [-0.2, 0) is 23.0 Å². The van der Waals surface area contributed by atoms with E-state index in [2.05, 4.69) is 15.0 Å². The molecule has 0 amide bonds. The summed E-state index contributed by atoms with van der Waals surface area (Å²) in [5.41, 5.74) is 0.946. The number of aryl methyl sites for hydroxylation is 1. The summed E-state index contributed by atoms with van der Waals surface area (Å²) in [6, 6.07) is 3.58. The van der Waals surface area contributed by atoms with Crippen LogP contribution in [0.3, 0.4) is 0 Å². The van der Waals surface area contributed by atoms with Gasteiger partial charge in [-0.05, 0) is 6.07 Å². The second-order valence-electron chi connectivity index (χ2n) is 7.22. The van der Waals surface area contributed by atoms with Gasteiger partial charge in [0.2, 0.25) is 15.9 Å². The van der Waals surface area contributed by atoms with E-state index in [1.165, 1.54) is 10.6 Å². The van der Waals surface area contributed by atoms with Crippen LogP contribution in [-0.4, -0.2) is 81.0 Å². The first-order valence-electron chi connectivity index (χ1n) is 9.52. The van der Waals surface area contributed by atoms with Gasteiger partial charge in [-0.25, -0.2) is 8.42 Å². The van der Waals surface area contributed by atoms with Gasteiger partial charge in [-0.2, -0.15) is 9.29 Å². The number of hydrogen-bond donors (Lipinski definition) is 0. The number of aromatic nitrogens is 2. The molecule has 0 unspecified atom stereocenters. The van der Waals surface area contributed by atoms with Crippen LogP contribution < -0.4 is 14.2 Å². The monoisotopic (exact) mass is 440 g/mol. The van der Waals surface area contributed by atoms with Crippen LogP contribution in [0.5, 0.6) is 17.2 Å². The molecule has 11 heteroatoms. The molecule has 1 aromatic heterocycles. The minimum Gasteiger partial charge on any atom is -0.496 e. The Labute approximate surface area is 176 Å². The zero-order valence-electron chi connectivity index (χ0n) is 17.9. The van der Waals surface area contributed by atoms with Crippen LogP contribution in [0.15, 0.2) is 16.7 Å². The van der Waals surface area contributed by atoms with Crippen molar-refractivity contribution < 1.29 is 27.2 Å². The van der Waals surface area contributed by atoms with Gasteiger partial charge in [0.25, 0.3) is 0 Å². The standard InChI is InChI=1S/C19H28N4O6S/c1-13-20-19(21-29-13)6-7-23(30(5,24)25)15-11-22(12-15)10-14-8-17(27-3)18(28-4)9-16(14)26-2/h8-9,15H,6-7,10-12H2,1-5H3. The Balaban J connectivity index is 1.64. The van der Waals surface area contributed by atoms with Crippen LogP contribution in [0, 0.1) is 6.92 Å². The molecule has 1 fully saturated rings. The number of likely N-dealkylation sites (tertiary alicyclic amines) is 1. The summed E-state index contributed by atoms with van der Waals surface area (Å²) < 4.78 is 47.3. The fraction of sp³-hybridized carbons (Fsp3) is 0.579. The molecule has 0 saturated carbocycles. The highest BCUT2D eigenvalue weighted by atomic mass is 32.2. The highest BCUT2D eigenvalue weighted by molar-refractivity contribution is 7.88. The summed E-state index contributed by atoms with van der Waals surface area (Å²) in [5, 5.41) is 3.84. The van der Waals surface area contributed by atoms with Crippen LogP contribution in [0.25, 0.3) is 0 Å². The molecular formula is C19H28N4O6S. The van der Waals surface area contributed by atoms with E-state index in [4.69, 9.17) is 18.7 Å². The molecule has 1 aliphatic rings. The van der Waals surface area contributed by atoms with E-state index in [9.17, 15) is 8.42 Å². The zero-order valence-corrected chi connectivity index (χ0v) is 18.7. The molecule has 0 aliphatic carbocycles. The molecule has 0 spiro atoms. The molecule has 2 heterocycles.